The highest BCUT2D eigenvalue weighted by atomic mass is 32.2. The van der Waals surface area contributed by atoms with Crippen LogP contribution in [0.3, 0.4) is 0 Å². The van der Waals surface area contributed by atoms with E-state index in [2.05, 4.69) is 15.5 Å². The van der Waals surface area contributed by atoms with Crippen molar-refractivity contribution in [3.63, 3.8) is 0 Å². The molecular weight excluding hydrogens is 279 g/mol. The molecule has 20 heavy (non-hydrogen) atoms. The molecule has 0 saturated carbocycles. The molecule has 1 fully saturated rings. The second-order valence-corrected chi connectivity index (χ2v) is 5.60. The Hall–Kier alpha value is -1.47. The van der Waals surface area contributed by atoms with Crippen molar-refractivity contribution in [2.45, 2.75) is 36.4 Å². The van der Waals surface area contributed by atoms with Gasteiger partial charge < -0.3 is 4.74 Å². The van der Waals surface area contributed by atoms with Gasteiger partial charge in [0.2, 0.25) is 5.16 Å². The van der Waals surface area contributed by atoms with Crippen molar-refractivity contribution in [2.24, 2.45) is 0 Å². The molecule has 3 rings (SSSR count). The second kappa shape index (κ2) is 6.32. The molecule has 1 aromatic heterocycles. The summed E-state index contributed by atoms with van der Waals surface area (Å²) in [5.74, 6) is 0.316. The summed E-state index contributed by atoms with van der Waals surface area (Å²) in [5.41, 5.74) is 0.657. The maximum Gasteiger partial charge on any atom is 0.209 e. The maximum absolute atomic E-state index is 13.6. The summed E-state index contributed by atoms with van der Waals surface area (Å²) >= 11 is 1.44. The van der Waals surface area contributed by atoms with Gasteiger partial charge in [-0.3, -0.25) is 0 Å². The van der Waals surface area contributed by atoms with Crippen LogP contribution in [-0.2, 0) is 17.0 Å². The summed E-state index contributed by atoms with van der Waals surface area (Å²) in [6, 6.07) is 6.75. The zero-order valence-corrected chi connectivity index (χ0v) is 11.7. The molecular formula is C13H15FN4OS. The summed E-state index contributed by atoms with van der Waals surface area (Å²) in [5, 5.41) is 12.4. The Morgan fingerprint density at radius 2 is 2.30 bits per heavy atom. The van der Waals surface area contributed by atoms with Crippen LogP contribution in [0.4, 0.5) is 4.39 Å². The number of rotatable bonds is 5. The molecule has 0 spiro atoms. The molecule has 1 aromatic carbocycles. The Balaban J connectivity index is 1.63. The molecule has 1 aliphatic rings. The van der Waals surface area contributed by atoms with Crippen LogP contribution in [0.1, 0.15) is 18.4 Å². The van der Waals surface area contributed by atoms with Crippen molar-refractivity contribution in [1.29, 1.82) is 0 Å². The second-order valence-electron chi connectivity index (χ2n) is 4.66. The van der Waals surface area contributed by atoms with Crippen molar-refractivity contribution < 1.29 is 9.13 Å². The predicted molar refractivity (Wildman–Crippen MR) is 72.8 cm³/mol. The molecule has 2 aromatic rings. The minimum atomic E-state index is -0.196. The third-order valence-corrected chi connectivity index (χ3v) is 4.22. The molecule has 5 nitrogen and oxygen atoms in total. The lowest BCUT2D eigenvalue weighted by atomic mass is 10.2. The fourth-order valence-corrected chi connectivity index (χ4v) is 3.03. The average Bonchev–Trinajstić information content (AvgIpc) is 3.10. The van der Waals surface area contributed by atoms with E-state index >= 15 is 0 Å². The highest BCUT2D eigenvalue weighted by molar-refractivity contribution is 7.98. The van der Waals surface area contributed by atoms with Gasteiger partial charge in [0.25, 0.3) is 0 Å². The summed E-state index contributed by atoms with van der Waals surface area (Å²) in [7, 11) is 0. The number of aromatic nitrogens is 4. The number of nitrogens with zero attached hydrogens (tertiary/aromatic N) is 4. The van der Waals surface area contributed by atoms with Gasteiger partial charge in [-0.2, -0.15) is 0 Å². The van der Waals surface area contributed by atoms with E-state index in [0.717, 1.165) is 19.4 Å². The molecule has 0 radical (unpaired) electrons. The van der Waals surface area contributed by atoms with Crippen LogP contribution in [-0.4, -0.2) is 32.9 Å². The van der Waals surface area contributed by atoms with E-state index in [1.807, 2.05) is 6.07 Å². The van der Waals surface area contributed by atoms with Gasteiger partial charge in [-0.25, -0.2) is 9.07 Å². The van der Waals surface area contributed by atoms with Crippen molar-refractivity contribution in [1.82, 2.24) is 20.2 Å². The lowest BCUT2D eigenvalue weighted by Crippen LogP contribution is -2.16. The standard InChI is InChI=1S/C13H15FN4OS/c14-12-6-2-1-4-10(12)9-20-13-15-16-17-18(13)8-11-5-3-7-19-11/h1-2,4,6,11H,3,5,7-9H2. The van der Waals surface area contributed by atoms with E-state index in [-0.39, 0.29) is 11.9 Å². The van der Waals surface area contributed by atoms with Gasteiger partial charge >= 0.3 is 0 Å². The van der Waals surface area contributed by atoms with E-state index in [0.29, 0.717) is 23.0 Å². The molecule has 1 unspecified atom stereocenters. The van der Waals surface area contributed by atoms with Crippen molar-refractivity contribution in [3.8, 4) is 0 Å². The van der Waals surface area contributed by atoms with Gasteiger partial charge in [-0.15, -0.1) is 5.10 Å². The largest absolute Gasteiger partial charge is 0.376 e. The zero-order valence-electron chi connectivity index (χ0n) is 10.9. The molecule has 2 heterocycles. The van der Waals surface area contributed by atoms with Crippen molar-refractivity contribution in [2.75, 3.05) is 6.61 Å². The SMILES string of the molecule is Fc1ccccc1CSc1nnnn1CC1CCCO1. The van der Waals surface area contributed by atoms with Gasteiger partial charge in [0.05, 0.1) is 12.6 Å². The highest BCUT2D eigenvalue weighted by Gasteiger charge is 2.19. The number of hydrogen-bond donors (Lipinski definition) is 0. The topological polar surface area (TPSA) is 52.8 Å². The monoisotopic (exact) mass is 294 g/mol. The third kappa shape index (κ3) is 3.16. The molecule has 1 atom stereocenters. The van der Waals surface area contributed by atoms with Crippen LogP contribution in [0.25, 0.3) is 0 Å². The molecule has 0 bridgehead atoms. The van der Waals surface area contributed by atoms with Gasteiger partial charge in [-0.05, 0) is 34.9 Å². The lowest BCUT2D eigenvalue weighted by Gasteiger charge is -2.10. The summed E-state index contributed by atoms with van der Waals surface area (Å²) in [4.78, 5) is 0. The first-order valence-corrected chi connectivity index (χ1v) is 7.55. The third-order valence-electron chi connectivity index (χ3n) is 3.21. The van der Waals surface area contributed by atoms with Gasteiger partial charge in [-0.1, -0.05) is 30.0 Å². The fourth-order valence-electron chi connectivity index (χ4n) is 2.15. The van der Waals surface area contributed by atoms with E-state index in [1.165, 1.54) is 17.8 Å². The van der Waals surface area contributed by atoms with Crippen molar-refractivity contribution in [3.05, 3.63) is 35.6 Å². The fraction of sp³-hybridized carbons (Fsp3) is 0.462. The Bertz CT molecular complexity index is 571. The molecule has 0 amide bonds. The Kier molecular flexibility index (Phi) is 4.27. The lowest BCUT2D eigenvalue weighted by molar-refractivity contribution is 0.0912. The smallest absolute Gasteiger partial charge is 0.209 e. The number of tetrazole rings is 1. The number of thioether (sulfide) groups is 1. The van der Waals surface area contributed by atoms with Gasteiger partial charge in [0, 0.05) is 12.4 Å². The first-order chi connectivity index (χ1) is 9.83. The van der Waals surface area contributed by atoms with Crippen LogP contribution in [0.15, 0.2) is 29.4 Å². The molecule has 1 saturated heterocycles. The molecule has 1 aliphatic heterocycles. The van der Waals surface area contributed by atoms with Crippen LogP contribution in [0.5, 0.6) is 0 Å². The maximum atomic E-state index is 13.6. The van der Waals surface area contributed by atoms with Crippen LogP contribution in [0, 0.1) is 5.82 Å². The van der Waals surface area contributed by atoms with Gasteiger partial charge in [0.1, 0.15) is 5.82 Å². The Labute approximate surface area is 120 Å². The molecule has 7 heteroatoms. The van der Waals surface area contributed by atoms with Gasteiger partial charge in [0.15, 0.2) is 0 Å². The minimum absolute atomic E-state index is 0.186. The van der Waals surface area contributed by atoms with E-state index < -0.39 is 0 Å². The number of hydrogen-bond acceptors (Lipinski definition) is 5. The Morgan fingerprint density at radius 1 is 1.40 bits per heavy atom. The average molecular weight is 294 g/mol. The van der Waals surface area contributed by atoms with Crippen LogP contribution >= 0.6 is 11.8 Å². The first kappa shape index (κ1) is 13.5. The number of halogens is 1. The first-order valence-electron chi connectivity index (χ1n) is 6.57. The number of ether oxygens (including phenoxy) is 1. The highest BCUT2D eigenvalue weighted by Crippen LogP contribution is 2.23. The summed E-state index contributed by atoms with van der Waals surface area (Å²) in [6.07, 6.45) is 2.31. The van der Waals surface area contributed by atoms with E-state index in [4.69, 9.17) is 4.74 Å². The summed E-state index contributed by atoms with van der Waals surface area (Å²) in [6.45, 7) is 1.47. The number of benzene rings is 1. The zero-order chi connectivity index (χ0) is 13.8. The van der Waals surface area contributed by atoms with Crippen molar-refractivity contribution >= 4 is 11.8 Å². The van der Waals surface area contributed by atoms with Crippen LogP contribution in [0.2, 0.25) is 0 Å². The molecule has 106 valence electrons. The normalized spacial score (nSPS) is 18.6. The van der Waals surface area contributed by atoms with E-state index in [9.17, 15) is 4.39 Å². The molecule has 0 N–H and O–H groups in total. The summed E-state index contributed by atoms with van der Waals surface area (Å²) < 4.78 is 20.9. The minimum Gasteiger partial charge on any atom is -0.376 e. The Morgan fingerprint density at radius 3 is 3.10 bits per heavy atom. The predicted octanol–water partition coefficient (Wildman–Crippen LogP) is 2.28. The van der Waals surface area contributed by atoms with Crippen LogP contribution < -0.4 is 0 Å². The van der Waals surface area contributed by atoms with E-state index in [1.54, 1.807) is 16.8 Å². The molecule has 0 aliphatic carbocycles. The quantitative estimate of drug-likeness (QED) is 0.792.